The first-order valence-electron chi connectivity index (χ1n) is 7.27. The maximum absolute atomic E-state index is 10.9. The number of carboxylic acids is 1. The smallest absolute Gasteiger partial charge is 0.322 e. The van der Waals surface area contributed by atoms with Crippen LogP contribution in [0.4, 0.5) is 23.1 Å². The molecule has 1 aromatic heterocycles. The molecule has 0 aliphatic heterocycles. The molecule has 0 atom stereocenters. The van der Waals surface area contributed by atoms with E-state index in [-0.39, 0.29) is 18.2 Å². The normalized spacial score (nSPS) is 10.4. The largest absolute Gasteiger partial charge is 0.480 e. The lowest BCUT2D eigenvalue weighted by Gasteiger charge is -2.10. The van der Waals surface area contributed by atoms with Crippen LogP contribution in [0.3, 0.4) is 0 Å². The number of aliphatic carboxylic acids is 1. The van der Waals surface area contributed by atoms with Crippen LogP contribution in [0.15, 0.2) is 48.5 Å². The summed E-state index contributed by atoms with van der Waals surface area (Å²) in [6, 6.07) is 13.1. The highest BCUT2D eigenvalue weighted by molar-refractivity contribution is 5.91. The minimum Gasteiger partial charge on any atom is -0.480 e. The van der Waals surface area contributed by atoms with Gasteiger partial charge in [-0.25, -0.2) is 4.98 Å². The Bertz CT molecular complexity index is 960. The van der Waals surface area contributed by atoms with Crippen molar-refractivity contribution in [3.63, 3.8) is 0 Å². The molecule has 0 saturated carbocycles. The van der Waals surface area contributed by atoms with E-state index in [9.17, 15) is 14.9 Å². The van der Waals surface area contributed by atoms with E-state index in [0.29, 0.717) is 22.4 Å². The van der Waals surface area contributed by atoms with E-state index in [4.69, 9.17) is 5.11 Å². The Morgan fingerprint density at radius 3 is 2.72 bits per heavy atom. The van der Waals surface area contributed by atoms with E-state index in [0.717, 1.165) is 0 Å². The molecule has 1 heterocycles. The maximum atomic E-state index is 10.9. The topological polar surface area (TPSA) is 130 Å². The highest BCUT2D eigenvalue weighted by Gasteiger charge is 2.10. The third-order valence-corrected chi connectivity index (χ3v) is 3.32. The number of rotatable bonds is 6. The first kappa shape index (κ1) is 16.1. The standard InChI is InChI=1S/C16H13N5O4/c22-14(23)9-17-15-12-6-1-2-7-13(12)19-16(20-15)18-10-4-3-5-11(8-10)21(24)25/h1-8H,9H2,(H,22,23)(H2,17,18,19,20). The van der Waals surface area contributed by atoms with Crippen LogP contribution in [0, 0.1) is 10.1 Å². The Balaban J connectivity index is 1.97. The van der Waals surface area contributed by atoms with Gasteiger partial charge in [0.25, 0.3) is 5.69 Å². The Labute approximate surface area is 141 Å². The molecule has 0 bridgehead atoms. The summed E-state index contributed by atoms with van der Waals surface area (Å²) in [5, 5.41) is 26.0. The van der Waals surface area contributed by atoms with Gasteiger partial charge in [-0.05, 0) is 18.2 Å². The molecule has 0 spiro atoms. The van der Waals surface area contributed by atoms with Crippen molar-refractivity contribution in [2.45, 2.75) is 0 Å². The van der Waals surface area contributed by atoms with E-state index >= 15 is 0 Å². The van der Waals surface area contributed by atoms with E-state index in [1.165, 1.54) is 12.1 Å². The third-order valence-electron chi connectivity index (χ3n) is 3.32. The molecular weight excluding hydrogens is 326 g/mol. The number of fused-ring (bicyclic) bond motifs is 1. The highest BCUT2D eigenvalue weighted by Crippen LogP contribution is 2.24. The molecule has 126 valence electrons. The van der Waals surface area contributed by atoms with Crippen molar-refractivity contribution >= 4 is 40.0 Å². The van der Waals surface area contributed by atoms with E-state index in [2.05, 4.69) is 20.6 Å². The summed E-state index contributed by atoms with van der Waals surface area (Å²) in [5.41, 5.74) is 1.00. The number of carboxylic acid groups (broad SMARTS) is 1. The van der Waals surface area contributed by atoms with Gasteiger partial charge < -0.3 is 15.7 Å². The van der Waals surface area contributed by atoms with Crippen molar-refractivity contribution in [1.82, 2.24) is 9.97 Å². The molecule has 3 rings (SSSR count). The molecule has 3 aromatic rings. The second kappa shape index (κ2) is 6.79. The number of nitrogens with zero attached hydrogens (tertiary/aromatic N) is 3. The third kappa shape index (κ3) is 3.78. The molecule has 0 unspecified atom stereocenters. The van der Waals surface area contributed by atoms with Gasteiger partial charge >= 0.3 is 5.97 Å². The highest BCUT2D eigenvalue weighted by atomic mass is 16.6. The van der Waals surface area contributed by atoms with Crippen LogP contribution in [-0.4, -0.2) is 32.5 Å². The fourth-order valence-corrected chi connectivity index (χ4v) is 2.25. The average molecular weight is 339 g/mol. The lowest BCUT2D eigenvalue weighted by atomic mass is 10.2. The molecule has 25 heavy (non-hydrogen) atoms. The van der Waals surface area contributed by atoms with Gasteiger partial charge in [0.05, 0.1) is 10.4 Å². The number of carbonyl (C=O) groups is 1. The van der Waals surface area contributed by atoms with Gasteiger partial charge in [0.15, 0.2) is 0 Å². The van der Waals surface area contributed by atoms with Gasteiger partial charge in [-0.1, -0.05) is 18.2 Å². The van der Waals surface area contributed by atoms with Gasteiger partial charge in [0.2, 0.25) is 5.95 Å². The lowest BCUT2D eigenvalue weighted by Crippen LogP contribution is -2.14. The number of non-ortho nitro benzene ring substituents is 1. The molecule has 3 N–H and O–H groups in total. The number of benzene rings is 2. The number of anilines is 3. The fourth-order valence-electron chi connectivity index (χ4n) is 2.25. The predicted octanol–water partition coefficient (Wildman–Crippen LogP) is 2.78. The molecule has 9 nitrogen and oxygen atoms in total. The van der Waals surface area contributed by atoms with Crippen molar-refractivity contribution in [3.05, 3.63) is 58.6 Å². The van der Waals surface area contributed by atoms with Crippen LogP contribution in [-0.2, 0) is 4.79 Å². The van der Waals surface area contributed by atoms with Crippen molar-refractivity contribution < 1.29 is 14.8 Å². The minimum absolute atomic E-state index is 0.0602. The molecule has 0 fully saturated rings. The molecule has 2 aromatic carbocycles. The first-order chi connectivity index (χ1) is 12.0. The summed E-state index contributed by atoms with van der Waals surface area (Å²) in [7, 11) is 0. The van der Waals surface area contributed by atoms with E-state index in [1.807, 2.05) is 0 Å². The summed E-state index contributed by atoms with van der Waals surface area (Å²) in [6.45, 7) is -0.294. The lowest BCUT2D eigenvalue weighted by molar-refractivity contribution is -0.384. The van der Waals surface area contributed by atoms with E-state index in [1.54, 1.807) is 36.4 Å². The Morgan fingerprint density at radius 2 is 1.96 bits per heavy atom. The zero-order chi connectivity index (χ0) is 17.8. The molecule has 0 amide bonds. The van der Waals surface area contributed by atoms with Gasteiger partial charge in [-0.2, -0.15) is 4.98 Å². The zero-order valence-electron chi connectivity index (χ0n) is 12.8. The number of nitro groups is 1. The predicted molar refractivity (Wildman–Crippen MR) is 92.0 cm³/mol. The summed E-state index contributed by atoms with van der Waals surface area (Å²) in [6.07, 6.45) is 0. The molecule has 0 aliphatic carbocycles. The SMILES string of the molecule is O=C(O)CNc1nc(Nc2cccc([N+](=O)[O-])c2)nc2ccccc12. The molecule has 0 radical (unpaired) electrons. The van der Waals surface area contributed by atoms with Crippen LogP contribution >= 0.6 is 0 Å². The van der Waals surface area contributed by atoms with Crippen LogP contribution < -0.4 is 10.6 Å². The number of aromatic nitrogens is 2. The number of nitro benzene ring substituents is 1. The summed E-state index contributed by atoms with van der Waals surface area (Å²) < 4.78 is 0. The van der Waals surface area contributed by atoms with Crippen molar-refractivity contribution in [2.75, 3.05) is 17.2 Å². The number of hydrogen-bond donors (Lipinski definition) is 3. The van der Waals surface area contributed by atoms with Gasteiger partial charge in [-0.3, -0.25) is 14.9 Å². The summed E-state index contributed by atoms with van der Waals surface area (Å²) in [5.74, 6) is -0.455. The molecular formula is C16H13N5O4. The van der Waals surface area contributed by atoms with Crippen LogP contribution in [0.2, 0.25) is 0 Å². The van der Waals surface area contributed by atoms with Crippen molar-refractivity contribution in [1.29, 1.82) is 0 Å². The summed E-state index contributed by atoms with van der Waals surface area (Å²) in [4.78, 5) is 29.8. The average Bonchev–Trinajstić information content (AvgIpc) is 2.59. The quantitative estimate of drug-likeness (QED) is 0.461. The van der Waals surface area contributed by atoms with Crippen LogP contribution in [0.25, 0.3) is 10.9 Å². The molecule has 0 aliphatic rings. The molecule has 9 heteroatoms. The zero-order valence-corrected chi connectivity index (χ0v) is 12.8. The Kier molecular flexibility index (Phi) is 4.38. The first-order valence-corrected chi connectivity index (χ1v) is 7.27. The Hall–Kier alpha value is -3.75. The van der Waals surface area contributed by atoms with Gasteiger partial charge in [0.1, 0.15) is 12.4 Å². The number of para-hydroxylation sites is 1. The summed E-state index contributed by atoms with van der Waals surface area (Å²) >= 11 is 0. The molecule has 0 saturated heterocycles. The second-order valence-corrected chi connectivity index (χ2v) is 5.09. The van der Waals surface area contributed by atoms with Crippen molar-refractivity contribution in [2.24, 2.45) is 0 Å². The monoisotopic (exact) mass is 339 g/mol. The second-order valence-electron chi connectivity index (χ2n) is 5.09. The Morgan fingerprint density at radius 1 is 1.16 bits per heavy atom. The number of nitrogens with one attached hydrogen (secondary N) is 2. The maximum Gasteiger partial charge on any atom is 0.322 e. The van der Waals surface area contributed by atoms with Gasteiger partial charge in [0, 0.05) is 23.2 Å². The van der Waals surface area contributed by atoms with Gasteiger partial charge in [-0.15, -0.1) is 0 Å². The van der Waals surface area contributed by atoms with E-state index < -0.39 is 10.9 Å². The van der Waals surface area contributed by atoms with Crippen molar-refractivity contribution in [3.8, 4) is 0 Å². The number of hydrogen-bond acceptors (Lipinski definition) is 7. The fraction of sp³-hybridized carbons (Fsp3) is 0.0625. The van der Waals surface area contributed by atoms with Crippen LogP contribution in [0.1, 0.15) is 0 Å². The minimum atomic E-state index is -1.02. The van der Waals surface area contributed by atoms with Crippen LogP contribution in [0.5, 0.6) is 0 Å².